The number of carbonyl (C=O) groups excluding carboxylic acids is 1. The Bertz CT molecular complexity index is 442. The summed E-state index contributed by atoms with van der Waals surface area (Å²) in [5, 5.41) is 13.8. The highest BCUT2D eigenvalue weighted by Crippen LogP contribution is 2.14. The van der Waals surface area contributed by atoms with Crippen LogP contribution in [0.1, 0.15) is 16.8 Å². The number of nitro benzene ring substituents is 1. The van der Waals surface area contributed by atoms with Crippen molar-refractivity contribution in [2.45, 2.75) is 6.42 Å². The molecule has 104 valence electrons. The molecule has 1 aromatic rings. The molecule has 1 amide bonds. The first-order chi connectivity index (χ1) is 8.68. The Balaban J connectivity index is 0.00000180. The maximum Gasteiger partial charge on any atom is 0.269 e. The molecule has 1 N–H and O–H groups in total. The van der Waals surface area contributed by atoms with Crippen molar-refractivity contribution in [3.05, 3.63) is 39.9 Å². The number of rotatable bonds is 2. The predicted octanol–water partition coefficient (Wildman–Crippen LogP) is 1.45. The average molecular weight is 286 g/mol. The fourth-order valence-corrected chi connectivity index (χ4v) is 1.96. The molecule has 1 aliphatic heterocycles. The number of non-ortho nitro benzene ring substituents is 1. The highest BCUT2D eigenvalue weighted by atomic mass is 35.5. The van der Waals surface area contributed by atoms with Gasteiger partial charge in [0.1, 0.15) is 0 Å². The van der Waals surface area contributed by atoms with Crippen LogP contribution in [0.15, 0.2) is 24.3 Å². The van der Waals surface area contributed by atoms with Gasteiger partial charge in [0.2, 0.25) is 0 Å². The smallest absolute Gasteiger partial charge is 0.269 e. The van der Waals surface area contributed by atoms with Crippen molar-refractivity contribution in [3.8, 4) is 0 Å². The zero-order valence-corrected chi connectivity index (χ0v) is 11.2. The van der Waals surface area contributed by atoms with Gasteiger partial charge in [-0.2, -0.15) is 0 Å². The average Bonchev–Trinajstić information content (AvgIpc) is 2.67. The van der Waals surface area contributed by atoms with Gasteiger partial charge in [0, 0.05) is 37.3 Å². The molecular formula is C12H16ClN3O3. The van der Waals surface area contributed by atoms with Gasteiger partial charge >= 0.3 is 0 Å². The highest BCUT2D eigenvalue weighted by molar-refractivity contribution is 5.94. The van der Waals surface area contributed by atoms with E-state index in [1.165, 1.54) is 24.3 Å². The third kappa shape index (κ3) is 3.90. The lowest BCUT2D eigenvalue weighted by atomic mass is 10.2. The van der Waals surface area contributed by atoms with E-state index in [0.29, 0.717) is 12.1 Å². The molecule has 0 aliphatic carbocycles. The number of halogens is 1. The maximum absolute atomic E-state index is 12.2. The van der Waals surface area contributed by atoms with Crippen molar-refractivity contribution < 1.29 is 9.72 Å². The van der Waals surface area contributed by atoms with Crippen LogP contribution in [0.2, 0.25) is 0 Å². The summed E-state index contributed by atoms with van der Waals surface area (Å²) in [4.78, 5) is 24.0. The molecule has 19 heavy (non-hydrogen) atoms. The second-order valence-corrected chi connectivity index (χ2v) is 4.20. The van der Waals surface area contributed by atoms with Crippen molar-refractivity contribution in [1.82, 2.24) is 10.2 Å². The minimum Gasteiger partial charge on any atom is -0.337 e. The second-order valence-electron chi connectivity index (χ2n) is 4.20. The number of amides is 1. The molecule has 1 heterocycles. The summed E-state index contributed by atoms with van der Waals surface area (Å²) < 4.78 is 0. The van der Waals surface area contributed by atoms with E-state index in [1.807, 2.05) is 0 Å². The first kappa shape index (κ1) is 15.4. The number of nitrogens with zero attached hydrogens (tertiary/aromatic N) is 2. The number of benzene rings is 1. The molecular weight excluding hydrogens is 270 g/mol. The number of carbonyl (C=O) groups is 1. The molecule has 0 bridgehead atoms. The Kier molecular flexibility index (Phi) is 5.72. The Morgan fingerprint density at radius 1 is 1.21 bits per heavy atom. The van der Waals surface area contributed by atoms with Crippen LogP contribution < -0.4 is 5.32 Å². The SMILES string of the molecule is Cl.O=C(c1ccc([N+](=O)[O-])cc1)N1CCCNCC1. The zero-order chi connectivity index (χ0) is 13.0. The molecule has 0 spiro atoms. The molecule has 2 rings (SSSR count). The molecule has 0 saturated carbocycles. The lowest BCUT2D eigenvalue weighted by Crippen LogP contribution is -2.34. The van der Waals surface area contributed by atoms with Gasteiger partial charge in [0.25, 0.3) is 11.6 Å². The minimum absolute atomic E-state index is 0. The summed E-state index contributed by atoms with van der Waals surface area (Å²) in [7, 11) is 0. The van der Waals surface area contributed by atoms with Crippen LogP contribution >= 0.6 is 12.4 Å². The quantitative estimate of drug-likeness (QED) is 0.659. The van der Waals surface area contributed by atoms with Crippen molar-refractivity contribution in [2.24, 2.45) is 0 Å². The summed E-state index contributed by atoms with van der Waals surface area (Å²) in [5.41, 5.74) is 0.506. The zero-order valence-electron chi connectivity index (χ0n) is 10.4. The minimum atomic E-state index is -0.468. The molecule has 1 saturated heterocycles. The van der Waals surface area contributed by atoms with Crippen LogP contribution in [-0.2, 0) is 0 Å². The molecule has 6 nitrogen and oxygen atoms in total. The number of hydrogen-bond acceptors (Lipinski definition) is 4. The van der Waals surface area contributed by atoms with E-state index in [0.717, 1.165) is 26.1 Å². The third-order valence-corrected chi connectivity index (χ3v) is 2.95. The fourth-order valence-electron chi connectivity index (χ4n) is 1.96. The van der Waals surface area contributed by atoms with Crippen LogP contribution in [0.25, 0.3) is 0 Å². The van der Waals surface area contributed by atoms with Gasteiger partial charge < -0.3 is 10.2 Å². The van der Waals surface area contributed by atoms with Gasteiger partial charge in [-0.1, -0.05) is 0 Å². The number of hydrogen-bond donors (Lipinski definition) is 1. The third-order valence-electron chi connectivity index (χ3n) is 2.95. The molecule has 0 unspecified atom stereocenters. The Morgan fingerprint density at radius 3 is 2.53 bits per heavy atom. The van der Waals surface area contributed by atoms with E-state index < -0.39 is 4.92 Å². The van der Waals surface area contributed by atoms with Crippen molar-refractivity contribution >= 4 is 24.0 Å². The summed E-state index contributed by atoms with van der Waals surface area (Å²) in [6, 6.07) is 5.75. The highest BCUT2D eigenvalue weighted by Gasteiger charge is 2.17. The monoisotopic (exact) mass is 285 g/mol. The van der Waals surface area contributed by atoms with Gasteiger partial charge in [-0.15, -0.1) is 12.4 Å². The van der Waals surface area contributed by atoms with E-state index >= 15 is 0 Å². The Hall–Kier alpha value is -1.66. The van der Waals surface area contributed by atoms with Gasteiger partial charge in [-0.05, 0) is 25.1 Å². The van der Waals surface area contributed by atoms with E-state index in [4.69, 9.17) is 0 Å². The fraction of sp³-hybridized carbons (Fsp3) is 0.417. The summed E-state index contributed by atoms with van der Waals surface area (Å²) in [5.74, 6) is -0.0615. The molecule has 1 aromatic carbocycles. The lowest BCUT2D eigenvalue weighted by Gasteiger charge is -2.19. The second kappa shape index (κ2) is 7.06. The molecule has 0 radical (unpaired) electrons. The van der Waals surface area contributed by atoms with Gasteiger partial charge in [-0.3, -0.25) is 14.9 Å². The van der Waals surface area contributed by atoms with Crippen LogP contribution in [0, 0.1) is 10.1 Å². The van der Waals surface area contributed by atoms with E-state index in [9.17, 15) is 14.9 Å². The first-order valence-electron chi connectivity index (χ1n) is 5.93. The van der Waals surface area contributed by atoms with E-state index in [-0.39, 0.29) is 24.0 Å². The lowest BCUT2D eigenvalue weighted by molar-refractivity contribution is -0.384. The van der Waals surface area contributed by atoms with Crippen LogP contribution in [0.3, 0.4) is 0 Å². The van der Waals surface area contributed by atoms with Crippen molar-refractivity contribution in [2.75, 3.05) is 26.2 Å². The van der Waals surface area contributed by atoms with Gasteiger partial charge in [-0.25, -0.2) is 0 Å². The number of nitro groups is 1. The summed E-state index contributed by atoms with van der Waals surface area (Å²) >= 11 is 0. The van der Waals surface area contributed by atoms with Crippen molar-refractivity contribution in [3.63, 3.8) is 0 Å². The Morgan fingerprint density at radius 2 is 1.89 bits per heavy atom. The normalized spacial score (nSPS) is 15.3. The van der Waals surface area contributed by atoms with Crippen molar-refractivity contribution in [1.29, 1.82) is 0 Å². The molecule has 1 fully saturated rings. The van der Waals surface area contributed by atoms with Crippen LogP contribution in [-0.4, -0.2) is 41.9 Å². The standard InChI is InChI=1S/C12H15N3O3.ClH/c16-12(14-8-1-6-13-7-9-14)10-2-4-11(5-3-10)15(17)18;/h2-5,13H,1,6-9H2;1H. The topological polar surface area (TPSA) is 75.5 Å². The largest absolute Gasteiger partial charge is 0.337 e. The molecule has 1 aliphatic rings. The van der Waals surface area contributed by atoms with Gasteiger partial charge in [0.15, 0.2) is 0 Å². The first-order valence-corrected chi connectivity index (χ1v) is 5.93. The van der Waals surface area contributed by atoms with Crippen LogP contribution in [0.5, 0.6) is 0 Å². The summed E-state index contributed by atoms with van der Waals surface area (Å²) in [6.45, 7) is 3.11. The van der Waals surface area contributed by atoms with Crippen LogP contribution in [0.4, 0.5) is 5.69 Å². The maximum atomic E-state index is 12.2. The molecule has 0 aromatic heterocycles. The molecule has 0 atom stereocenters. The van der Waals surface area contributed by atoms with Gasteiger partial charge in [0.05, 0.1) is 4.92 Å². The Labute approximate surface area is 117 Å². The summed E-state index contributed by atoms with van der Waals surface area (Å²) in [6.07, 6.45) is 0.929. The predicted molar refractivity (Wildman–Crippen MR) is 73.7 cm³/mol. The number of nitrogens with one attached hydrogen (secondary N) is 1. The van der Waals surface area contributed by atoms with E-state index in [2.05, 4.69) is 5.32 Å². The van der Waals surface area contributed by atoms with E-state index in [1.54, 1.807) is 4.90 Å². The molecule has 7 heteroatoms.